The van der Waals surface area contributed by atoms with Gasteiger partial charge in [-0.3, -0.25) is 9.13 Å². The SMILES string of the molecule is CCc1ccccc1-c1ccc(-n2c3ccccc3c3ccc(-c4ccc5c(c4)c4ccccc4n5-c4ccc5nc(-n6c7ccccc7c7cc(-c8ccc9c%10ccccc%10n(-c%10ccc%11c(c%10)C(C)C(CC)c%10ccccc%10-%11)c9c8)ccc76)c(-n6c7ccccc7c7cc(-c8ccc9c%10ccccc%10n(-c%10ccc%11c(c%10)C(C)(C)c%10ccccc%10-%11)c9c8)ccc76)nc5c4)cc32)cc1CC. The Hall–Kier alpha value is -16.7. The predicted molar refractivity (Wildman–Crippen MR) is 571 cm³/mol. The van der Waals surface area contributed by atoms with Crippen molar-refractivity contribution in [2.45, 2.75) is 78.1 Å². The summed E-state index contributed by atoms with van der Waals surface area (Å²) in [6, 6.07) is 151. The Balaban J connectivity index is 0.612. The third-order valence-electron chi connectivity index (χ3n) is 31.1. The highest BCUT2D eigenvalue weighted by Gasteiger charge is 2.37. The zero-order valence-electron chi connectivity index (χ0n) is 76.5. The number of aromatic nitrogens is 8. The topological polar surface area (TPSA) is 55.4 Å². The van der Waals surface area contributed by atoms with Gasteiger partial charge in [-0.25, -0.2) is 9.97 Å². The lowest BCUT2D eigenvalue weighted by Crippen LogP contribution is -2.15. The number of para-hydroxylation sites is 6. The van der Waals surface area contributed by atoms with Crippen LogP contribution in [0, 0.1) is 0 Å². The molecule has 2 aliphatic rings. The second-order valence-corrected chi connectivity index (χ2v) is 38.3. The third-order valence-corrected chi connectivity index (χ3v) is 31.1. The highest BCUT2D eigenvalue weighted by molar-refractivity contribution is 6.18. The Bertz CT molecular complexity index is 9660. The number of fused-ring (bicyclic) bond motifs is 25. The molecule has 136 heavy (non-hydrogen) atoms. The average molecular weight is 1740 g/mol. The molecule has 2 aliphatic carbocycles. The minimum Gasteiger partial charge on any atom is -0.309 e. The smallest absolute Gasteiger partial charge is 0.182 e. The van der Waals surface area contributed by atoms with Crippen molar-refractivity contribution in [3.8, 4) is 101 Å². The zero-order valence-corrected chi connectivity index (χ0v) is 76.5. The van der Waals surface area contributed by atoms with Crippen molar-refractivity contribution in [3.63, 3.8) is 0 Å². The predicted octanol–water partition coefficient (Wildman–Crippen LogP) is 33.6. The molecule has 7 heterocycles. The highest BCUT2D eigenvalue weighted by atomic mass is 15.2. The van der Waals surface area contributed by atoms with Crippen LogP contribution < -0.4 is 0 Å². The first kappa shape index (κ1) is 78.0. The molecular weight excluding hydrogens is 1650 g/mol. The molecule has 2 atom stereocenters. The van der Waals surface area contributed by atoms with Crippen molar-refractivity contribution in [1.29, 1.82) is 0 Å². The van der Waals surface area contributed by atoms with Gasteiger partial charge >= 0.3 is 0 Å². The van der Waals surface area contributed by atoms with Crippen LogP contribution in [0.1, 0.15) is 93.2 Å². The molecule has 0 bridgehead atoms. The minimum atomic E-state index is -0.156. The van der Waals surface area contributed by atoms with Gasteiger partial charge in [0.25, 0.3) is 0 Å². The maximum atomic E-state index is 6.14. The molecule has 0 aliphatic heterocycles. The van der Waals surface area contributed by atoms with Crippen molar-refractivity contribution in [3.05, 3.63) is 434 Å². The van der Waals surface area contributed by atoms with E-state index in [-0.39, 0.29) is 5.41 Å². The monoisotopic (exact) mass is 1740 g/mol. The second-order valence-electron chi connectivity index (χ2n) is 38.3. The van der Waals surface area contributed by atoms with Gasteiger partial charge in [0, 0.05) is 92.8 Å². The Kier molecular flexibility index (Phi) is 17.0. The Morgan fingerprint density at radius 1 is 0.228 bits per heavy atom. The van der Waals surface area contributed by atoms with E-state index >= 15 is 0 Å². The van der Waals surface area contributed by atoms with E-state index in [4.69, 9.17) is 9.97 Å². The molecule has 28 rings (SSSR count). The van der Waals surface area contributed by atoms with Gasteiger partial charge in [0.15, 0.2) is 11.6 Å². The maximum absolute atomic E-state index is 6.14. The van der Waals surface area contributed by atoms with Gasteiger partial charge in [-0.1, -0.05) is 296 Å². The third kappa shape index (κ3) is 11.3. The average Bonchev–Trinajstić information content (AvgIpc) is 2.04. The summed E-state index contributed by atoms with van der Waals surface area (Å²) >= 11 is 0. The molecule has 0 fully saturated rings. The van der Waals surface area contributed by atoms with Crippen molar-refractivity contribution in [2.75, 3.05) is 0 Å². The summed E-state index contributed by atoms with van der Waals surface area (Å²) in [7, 11) is 0. The number of benzene rings is 19. The van der Waals surface area contributed by atoms with Gasteiger partial charge in [0.1, 0.15) is 0 Å². The van der Waals surface area contributed by atoms with Crippen molar-refractivity contribution in [1.82, 2.24) is 37.4 Å². The molecule has 19 aromatic carbocycles. The molecule has 26 aromatic rings. The van der Waals surface area contributed by atoms with Crippen LogP contribution in [0.2, 0.25) is 0 Å². The molecule has 0 N–H and O–H groups in total. The summed E-state index contributed by atoms with van der Waals surface area (Å²) in [5, 5.41) is 14.2. The lowest BCUT2D eigenvalue weighted by atomic mass is 9.71. The van der Waals surface area contributed by atoms with Crippen molar-refractivity contribution >= 4 is 142 Å². The normalized spacial score (nSPS) is 14.1. The first-order valence-electron chi connectivity index (χ1n) is 48.2. The minimum absolute atomic E-state index is 0.156. The molecule has 0 saturated heterocycles. The van der Waals surface area contributed by atoms with Crippen LogP contribution in [0.4, 0.5) is 0 Å². The fourth-order valence-electron chi connectivity index (χ4n) is 24.6. The summed E-state index contributed by atoms with van der Waals surface area (Å²) in [4.78, 5) is 12.2. The molecule has 2 unspecified atom stereocenters. The van der Waals surface area contributed by atoms with Gasteiger partial charge in [-0.05, 0) is 277 Å². The zero-order chi connectivity index (χ0) is 90.2. The second kappa shape index (κ2) is 29.7. The number of hydrogen-bond acceptors (Lipinski definition) is 2. The summed E-state index contributed by atoms with van der Waals surface area (Å²) in [6.07, 6.45) is 2.99. The van der Waals surface area contributed by atoms with Crippen LogP contribution in [-0.2, 0) is 18.3 Å². The van der Waals surface area contributed by atoms with E-state index in [9.17, 15) is 0 Å². The highest BCUT2D eigenvalue weighted by Crippen LogP contribution is 2.54. The molecule has 644 valence electrons. The Morgan fingerprint density at radius 2 is 0.559 bits per heavy atom. The van der Waals surface area contributed by atoms with Crippen LogP contribution >= 0.6 is 0 Å². The van der Waals surface area contributed by atoms with Crippen LogP contribution in [0.25, 0.3) is 243 Å². The van der Waals surface area contributed by atoms with Crippen LogP contribution in [0.3, 0.4) is 0 Å². The van der Waals surface area contributed by atoms with E-state index in [1.807, 2.05) is 0 Å². The quantitative estimate of drug-likeness (QED) is 0.116. The van der Waals surface area contributed by atoms with E-state index in [0.717, 1.165) is 147 Å². The van der Waals surface area contributed by atoms with E-state index in [1.54, 1.807) is 0 Å². The van der Waals surface area contributed by atoms with Gasteiger partial charge in [0.05, 0.1) is 77.2 Å². The van der Waals surface area contributed by atoms with E-state index in [2.05, 4.69) is 469 Å². The lowest BCUT2D eigenvalue weighted by Gasteiger charge is -2.33. The van der Waals surface area contributed by atoms with E-state index < -0.39 is 0 Å². The molecule has 0 spiro atoms. The lowest BCUT2D eigenvalue weighted by molar-refractivity contribution is 0.553. The first-order chi connectivity index (χ1) is 67.0. The maximum Gasteiger partial charge on any atom is 0.182 e. The number of hydrogen-bond donors (Lipinski definition) is 0. The summed E-state index contributed by atoms with van der Waals surface area (Å²) in [5.74, 6) is 2.25. The summed E-state index contributed by atoms with van der Waals surface area (Å²) < 4.78 is 14.7. The first-order valence-corrected chi connectivity index (χ1v) is 48.2. The van der Waals surface area contributed by atoms with E-state index in [0.29, 0.717) is 11.8 Å². The van der Waals surface area contributed by atoms with Gasteiger partial charge in [-0.15, -0.1) is 0 Å². The van der Waals surface area contributed by atoms with Gasteiger partial charge < -0.3 is 18.3 Å². The van der Waals surface area contributed by atoms with Crippen LogP contribution in [0.15, 0.2) is 400 Å². The molecule has 7 aromatic heterocycles. The van der Waals surface area contributed by atoms with E-state index in [1.165, 1.54) is 149 Å². The largest absolute Gasteiger partial charge is 0.309 e. The van der Waals surface area contributed by atoms with Gasteiger partial charge in [-0.2, -0.15) is 0 Å². The number of nitrogens with zero attached hydrogens (tertiary/aromatic N) is 8. The molecule has 0 amide bonds. The van der Waals surface area contributed by atoms with Gasteiger partial charge in [0.2, 0.25) is 0 Å². The molecule has 0 saturated carbocycles. The molecule has 8 nitrogen and oxygen atoms in total. The Labute approximate surface area is 786 Å². The van der Waals surface area contributed by atoms with Crippen molar-refractivity contribution < 1.29 is 0 Å². The standard InChI is InChI=1S/C128H92N8/c1-7-77-28-10-11-29-90(77)91-59-52-85(66-78(91)8-2)132-114-40-22-15-33-97(114)103-56-46-82(70-123(103)132)79-49-63-120-107(67-79)100-36-18-25-43-117(100)131(120)88-55-62-112-113(75-88)130-127(136-119-45-27-20-38-102(119)109-69-81(51-65-122(109)136)84-48-58-105-99-35-17-24-42-116(99)134(125(105)72-84)87-54-61-96-95-32-14-21-39-110(95)128(5,6)111(96)74-87)126(129-112)135-118-44-26-19-37-101(118)108-68-80(50-64-121(108)135)83-47-57-104-98-34-16-23-41-115(98)133(124(104)71-83)86-53-60-94-93-31-13-12-30-92(93)89(9-3)76(4)106(94)73-86/h10-76,89H,7-9H2,1-6H3. The fraction of sp³-hybridized carbons (Fsp3) is 0.0938. The fourth-order valence-corrected chi connectivity index (χ4v) is 24.6. The van der Waals surface area contributed by atoms with Crippen LogP contribution in [0.5, 0.6) is 0 Å². The summed E-state index contributed by atoms with van der Waals surface area (Å²) in [6.45, 7) is 14.1. The Morgan fingerprint density at radius 3 is 1.06 bits per heavy atom. The van der Waals surface area contributed by atoms with Crippen molar-refractivity contribution in [2.24, 2.45) is 0 Å². The van der Waals surface area contributed by atoms with Crippen LogP contribution in [-0.4, -0.2) is 37.4 Å². The molecule has 8 heteroatoms. The molecular formula is C128H92N8. The number of rotatable bonds is 13. The summed E-state index contributed by atoms with van der Waals surface area (Å²) in [5.41, 5.74) is 42.4. The number of aryl methyl sites for hydroxylation is 2. The molecule has 0 radical (unpaired) electrons.